The van der Waals surface area contributed by atoms with Gasteiger partial charge in [-0.2, -0.15) is 0 Å². The van der Waals surface area contributed by atoms with Crippen LogP contribution in [0.2, 0.25) is 0 Å². The van der Waals surface area contributed by atoms with Crippen molar-refractivity contribution in [3.63, 3.8) is 0 Å². The van der Waals surface area contributed by atoms with E-state index in [9.17, 15) is 0 Å². The molecular weight excluding hydrogens is 272 g/mol. The zero-order valence-electron chi connectivity index (χ0n) is 12.0. The molecule has 0 heterocycles. The van der Waals surface area contributed by atoms with Gasteiger partial charge < -0.3 is 9.47 Å². The van der Waals surface area contributed by atoms with Gasteiger partial charge in [-0.1, -0.05) is 31.2 Å². The van der Waals surface area contributed by atoms with Crippen LogP contribution in [0.15, 0.2) is 42.5 Å². The van der Waals surface area contributed by atoms with Crippen molar-refractivity contribution < 1.29 is 9.47 Å². The topological polar surface area (TPSA) is 18.5 Å². The SMILES string of the molecule is CCc1ccccc1C(Cl)c1cc(OC)ccc1OC. The van der Waals surface area contributed by atoms with Crippen molar-refractivity contribution >= 4 is 11.6 Å². The highest BCUT2D eigenvalue weighted by Crippen LogP contribution is 2.38. The van der Waals surface area contributed by atoms with Crippen LogP contribution in [0, 0.1) is 0 Å². The normalized spacial score (nSPS) is 12.0. The van der Waals surface area contributed by atoms with Gasteiger partial charge in [-0.25, -0.2) is 0 Å². The summed E-state index contributed by atoms with van der Waals surface area (Å²) in [6.07, 6.45) is 0.950. The Hall–Kier alpha value is -1.67. The molecule has 3 heteroatoms. The first-order chi connectivity index (χ1) is 9.71. The number of rotatable bonds is 5. The summed E-state index contributed by atoms with van der Waals surface area (Å²) in [5, 5.41) is -0.254. The van der Waals surface area contributed by atoms with Crippen LogP contribution >= 0.6 is 11.6 Å². The maximum absolute atomic E-state index is 6.69. The minimum atomic E-state index is -0.254. The van der Waals surface area contributed by atoms with Gasteiger partial charge in [0.25, 0.3) is 0 Å². The first-order valence-electron chi connectivity index (χ1n) is 6.65. The average Bonchev–Trinajstić information content (AvgIpc) is 2.53. The van der Waals surface area contributed by atoms with Gasteiger partial charge in [0, 0.05) is 5.56 Å². The third kappa shape index (κ3) is 2.91. The molecule has 0 N–H and O–H groups in total. The monoisotopic (exact) mass is 290 g/mol. The van der Waals surface area contributed by atoms with E-state index in [1.165, 1.54) is 5.56 Å². The number of halogens is 1. The number of methoxy groups -OCH3 is 2. The van der Waals surface area contributed by atoms with Gasteiger partial charge in [-0.05, 0) is 35.7 Å². The van der Waals surface area contributed by atoms with Crippen molar-refractivity contribution in [1.82, 2.24) is 0 Å². The molecule has 106 valence electrons. The highest BCUT2D eigenvalue weighted by Gasteiger charge is 2.18. The summed E-state index contributed by atoms with van der Waals surface area (Å²) in [4.78, 5) is 0. The van der Waals surface area contributed by atoms with Gasteiger partial charge in [0.15, 0.2) is 0 Å². The molecule has 2 nitrogen and oxygen atoms in total. The molecule has 0 bridgehead atoms. The molecule has 0 spiro atoms. The van der Waals surface area contributed by atoms with E-state index in [2.05, 4.69) is 19.1 Å². The second-order valence-electron chi connectivity index (χ2n) is 4.52. The fourth-order valence-electron chi connectivity index (χ4n) is 2.31. The van der Waals surface area contributed by atoms with E-state index < -0.39 is 0 Å². The van der Waals surface area contributed by atoms with Gasteiger partial charge in [0.05, 0.1) is 19.6 Å². The summed E-state index contributed by atoms with van der Waals surface area (Å²) >= 11 is 6.69. The number of hydrogen-bond donors (Lipinski definition) is 0. The Morgan fingerprint density at radius 3 is 2.40 bits per heavy atom. The summed E-state index contributed by atoms with van der Waals surface area (Å²) in [6, 6.07) is 13.9. The minimum absolute atomic E-state index is 0.254. The quantitative estimate of drug-likeness (QED) is 0.750. The number of ether oxygens (including phenoxy) is 2. The van der Waals surface area contributed by atoms with Crippen molar-refractivity contribution in [1.29, 1.82) is 0 Å². The van der Waals surface area contributed by atoms with Gasteiger partial charge in [-0.3, -0.25) is 0 Å². The third-order valence-corrected chi connectivity index (χ3v) is 3.89. The molecule has 2 aromatic rings. The van der Waals surface area contributed by atoms with Gasteiger partial charge in [-0.15, -0.1) is 11.6 Å². The average molecular weight is 291 g/mol. The van der Waals surface area contributed by atoms with Gasteiger partial charge >= 0.3 is 0 Å². The predicted octanol–water partition coefficient (Wildman–Crippen LogP) is 4.59. The lowest BCUT2D eigenvalue weighted by Crippen LogP contribution is -2.01. The molecule has 0 aliphatic carbocycles. The van der Waals surface area contributed by atoms with Crippen molar-refractivity contribution in [2.75, 3.05) is 14.2 Å². The van der Waals surface area contributed by atoms with E-state index in [1.54, 1.807) is 14.2 Å². The van der Waals surface area contributed by atoms with E-state index >= 15 is 0 Å². The largest absolute Gasteiger partial charge is 0.497 e. The molecule has 0 saturated carbocycles. The lowest BCUT2D eigenvalue weighted by molar-refractivity contribution is 0.399. The molecule has 0 aliphatic heterocycles. The lowest BCUT2D eigenvalue weighted by atomic mass is 9.97. The maximum atomic E-state index is 6.69. The van der Waals surface area contributed by atoms with Crippen LogP contribution < -0.4 is 9.47 Å². The smallest absolute Gasteiger partial charge is 0.124 e. The van der Waals surface area contributed by atoms with Gasteiger partial charge in [0.2, 0.25) is 0 Å². The lowest BCUT2D eigenvalue weighted by Gasteiger charge is -2.18. The van der Waals surface area contributed by atoms with E-state index in [-0.39, 0.29) is 5.38 Å². The zero-order valence-corrected chi connectivity index (χ0v) is 12.8. The van der Waals surface area contributed by atoms with Crippen molar-refractivity contribution in [2.24, 2.45) is 0 Å². The Labute approximate surface area is 125 Å². The maximum Gasteiger partial charge on any atom is 0.124 e. The van der Waals surface area contributed by atoms with Crippen molar-refractivity contribution in [3.8, 4) is 11.5 Å². The van der Waals surface area contributed by atoms with E-state index in [0.717, 1.165) is 29.0 Å². The fraction of sp³-hybridized carbons (Fsp3) is 0.294. The Morgan fingerprint density at radius 2 is 1.75 bits per heavy atom. The molecule has 2 aromatic carbocycles. The Kier molecular flexibility index (Phi) is 4.91. The summed E-state index contributed by atoms with van der Waals surface area (Å²) in [5.41, 5.74) is 3.29. The van der Waals surface area contributed by atoms with Crippen LogP contribution in [0.25, 0.3) is 0 Å². The highest BCUT2D eigenvalue weighted by molar-refractivity contribution is 6.23. The second kappa shape index (κ2) is 6.67. The first-order valence-corrected chi connectivity index (χ1v) is 7.08. The molecule has 0 aromatic heterocycles. The number of benzene rings is 2. The van der Waals surface area contributed by atoms with Crippen LogP contribution in [-0.2, 0) is 6.42 Å². The molecule has 2 rings (SSSR count). The Balaban J connectivity index is 2.49. The summed E-state index contributed by atoms with van der Waals surface area (Å²) in [5.74, 6) is 1.55. The summed E-state index contributed by atoms with van der Waals surface area (Å²) < 4.78 is 10.7. The van der Waals surface area contributed by atoms with Crippen LogP contribution in [0.3, 0.4) is 0 Å². The number of hydrogen-bond acceptors (Lipinski definition) is 2. The number of aryl methyl sites for hydroxylation is 1. The zero-order chi connectivity index (χ0) is 14.5. The molecule has 1 unspecified atom stereocenters. The van der Waals surface area contributed by atoms with E-state index in [1.807, 2.05) is 30.3 Å². The van der Waals surface area contributed by atoms with Crippen LogP contribution in [-0.4, -0.2) is 14.2 Å². The predicted molar refractivity (Wildman–Crippen MR) is 83.1 cm³/mol. The molecule has 0 fully saturated rings. The van der Waals surface area contributed by atoms with E-state index in [4.69, 9.17) is 21.1 Å². The van der Waals surface area contributed by atoms with Crippen LogP contribution in [0.5, 0.6) is 11.5 Å². The molecule has 1 atom stereocenters. The van der Waals surface area contributed by atoms with Crippen LogP contribution in [0.1, 0.15) is 29.0 Å². The molecule has 0 aliphatic rings. The van der Waals surface area contributed by atoms with E-state index in [0.29, 0.717) is 0 Å². The molecule has 0 radical (unpaired) electrons. The molecule has 0 amide bonds. The number of alkyl halides is 1. The molecular formula is C17H19ClO2. The highest BCUT2D eigenvalue weighted by atomic mass is 35.5. The van der Waals surface area contributed by atoms with Crippen LogP contribution in [0.4, 0.5) is 0 Å². The fourth-order valence-corrected chi connectivity index (χ4v) is 2.69. The summed E-state index contributed by atoms with van der Waals surface area (Å²) in [7, 11) is 3.30. The third-order valence-electron chi connectivity index (χ3n) is 3.42. The first kappa shape index (κ1) is 14.7. The Bertz CT molecular complexity index is 581. The molecule has 0 saturated heterocycles. The minimum Gasteiger partial charge on any atom is -0.497 e. The standard InChI is InChI=1S/C17H19ClO2/c1-4-12-7-5-6-8-14(12)17(18)15-11-13(19-2)9-10-16(15)20-3/h5-11,17H,4H2,1-3H3. The van der Waals surface area contributed by atoms with Gasteiger partial charge in [0.1, 0.15) is 11.5 Å². The van der Waals surface area contributed by atoms with Crippen molar-refractivity contribution in [2.45, 2.75) is 18.7 Å². The summed E-state index contributed by atoms with van der Waals surface area (Å²) in [6.45, 7) is 2.13. The Morgan fingerprint density at radius 1 is 1.00 bits per heavy atom. The van der Waals surface area contributed by atoms with Crippen molar-refractivity contribution in [3.05, 3.63) is 59.2 Å². The second-order valence-corrected chi connectivity index (χ2v) is 4.96. The molecule has 20 heavy (non-hydrogen) atoms.